The number of aromatic nitrogens is 3. The first-order chi connectivity index (χ1) is 21.4. The maximum Gasteiger partial charge on any atom is 0.319 e. The molecule has 240 valence electrons. The summed E-state index contributed by atoms with van der Waals surface area (Å²) in [4.78, 5) is 17.9. The summed E-state index contributed by atoms with van der Waals surface area (Å²) in [5.74, 6) is -5.26. The van der Waals surface area contributed by atoms with Crippen LogP contribution in [0.4, 0.5) is 33.5 Å². The molecule has 5 aliphatic rings. The third kappa shape index (κ3) is 4.49. The summed E-state index contributed by atoms with van der Waals surface area (Å²) in [6.07, 6.45) is 2.46. The van der Waals surface area contributed by atoms with Gasteiger partial charge in [0.2, 0.25) is 5.88 Å². The normalized spacial score (nSPS) is 30.7. The Bertz CT molecular complexity index is 1710. The van der Waals surface area contributed by atoms with Crippen LogP contribution in [0.2, 0.25) is 0 Å². The topological polar surface area (TPSA) is 102 Å². The molecule has 3 N–H and O–H groups in total. The second-order valence-electron chi connectivity index (χ2n) is 13.3. The van der Waals surface area contributed by atoms with Gasteiger partial charge in [-0.1, -0.05) is 0 Å². The number of hydrogen-bond donors (Lipinski definition) is 2. The summed E-state index contributed by atoms with van der Waals surface area (Å²) < 4.78 is 87.8. The number of anilines is 2. The van der Waals surface area contributed by atoms with Crippen LogP contribution < -0.4 is 25.4 Å². The highest BCUT2D eigenvalue weighted by atomic mass is 19.3. The van der Waals surface area contributed by atoms with Crippen LogP contribution in [0.15, 0.2) is 12.1 Å². The molecule has 8 rings (SSSR count). The van der Waals surface area contributed by atoms with E-state index in [-0.39, 0.29) is 53.1 Å². The molecule has 0 unspecified atom stereocenters. The van der Waals surface area contributed by atoms with E-state index in [1.807, 2.05) is 6.92 Å². The number of hydrogen-bond acceptors (Lipinski definition) is 9. The molecule has 3 aromatic rings. The fourth-order valence-corrected chi connectivity index (χ4v) is 8.33. The molecule has 4 fully saturated rings. The molecule has 0 radical (unpaired) electrons. The van der Waals surface area contributed by atoms with Gasteiger partial charge in [0.15, 0.2) is 5.82 Å². The Kier molecular flexibility index (Phi) is 6.42. The van der Waals surface area contributed by atoms with E-state index in [4.69, 9.17) is 20.2 Å². The van der Waals surface area contributed by atoms with Crippen molar-refractivity contribution in [2.45, 2.75) is 87.8 Å². The van der Waals surface area contributed by atoms with Gasteiger partial charge in [-0.15, -0.1) is 0 Å². The molecule has 4 saturated heterocycles. The Morgan fingerprint density at radius 3 is 2.80 bits per heavy atom. The summed E-state index contributed by atoms with van der Waals surface area (Å²) in [7, 11) is 0. The van der Waals surface area contributed by atoms with Crippen LogP contribution in [-0.4, -0.2) is 82.0 Å². The number of halogens is 5. The predicted molar refractivity (Wildman–Crippen MR) is 156 cm³/mol. The molecule has 6 atom stereocenters. The predicted octanol–water partition coefficient (Wildman–Crippen LogP) is 4.71. The van der Waals surface area contributed by atoms with Gasteiger partial charge in [-0.2, -0.15) is 9.97 Å². The number of nitrogens with zero attached hydrogens (tertiary/aromatic N) is 5. The minimum absolute atomic E-state index is 0.0226. The van der Waals surface area contributed by atoms with Crippen LogP contribution in [0.5, 0.6) is 11.9 Å². The molecular formula is C31H34F5N7O2. The zero-order valence-corrected chi connectivity index (χ0v) is 24.9. The smallest absolute Gasteiger partial charge is 0.319 e. The second-order valence-corrected chi connectivity index (χ2v) is 13.3. The molecule has 0 saturated carbocycles. The number of fused-ring (bicyclic) bond motifs is 6. The monoisotopic (exact) mass is 631 g/mol. The van der Waals surface area contributed by atoms with Crippen molar-refractivity contribution < 1.29 is 31.4 Å². The summed E-state index contributed by atoms with van der Waals surface area (Å²) >= 11 is 0. The number of piperazine rings is 1. The number of nitrogens with two attached hydrogens (primary N) is 1. The van der Waals surface area contributed by atoms with Gasteiger partial charge in [0.05, 0.1) is 17.3 Å². The average molecular weight is 632 g/mol. The quantitative estimate of drug-likeness (QED) is 0.306. The van der Waals surface area contributed by atoms with Crippen molar-refractivity contribution in [3.05, 3.63) is 29.3 Å². The molecule has 45 heavy (non-hydrogen) atoms. The van der Waals surface area contributed by atoms with E-state index in [1.165, 1.54) is 0 Å². The fraction of sp³-hybridized carbons (Fsp3) is 0.581. The standard InChI is InChI=1S/C31H34F5N7O2/c1-14-26-21-5-4-16(38-21)12-43(26)27-22-25(40-29(41-27)44-13-31-6-3-7-42(31)11-15(32)10-31)23(34)24(39-28(22)45-14)17-8-20(37)19(33)9-18(17)30(2,35)36/h8-9,14-16,21,26,38H,3-7,10-13,37H2,1-2H3/t14-,15+,16+,21-,26+,31-/m0/s1. The fourth-order valence-electron chi connectivity index (χ4n) is 8.33. The summed E-state index contributed by atoms with van der Waals surface area (Å²) in [6, 6.07) is 1.51. The highest BCUT2D eigenvalue weighted by Crippen LogP contribution is 2.47. The lowest BCUT2D eigenvalue weighted by Gasteiger charge is -2.42. The number of rotatable bonds is 5. The zero-order valence-electron chi connectivity index (χ0n) is 24.9. The highest BCUT2D eigenvalue weighted by Gasteiger charge is 2.50. The Balaban J connectivity index is 1.32. The molecule has 1 aromatic carbocycles. The van der Waals surface area contributed by atoms with Crippen LogP contribution in [-0.2, 0) is 5.92 Å². The minimum Gasteiger partial charge on any atom is -0.472 e. The third-order valence-corrected chi connectivity index (χ3v) is 10.3. The number of nitrogens with one attached hydrogen (secondary N) is 1. The molecule has 5 aliphatic heterocycles. The zero-order chi connectivity index (χ0) is 31.4. The maximum absolute atomic E-state index is 16.7. The van der Waals surface area contributed by atoms with Crippen molar-refractivity contribution in [2.75, 3.05) is 36.9 Å². The Morgan fingerprint density at radius 2 is 2.00 bits per heavy atom. The molecule has 9 nitrogen and oxygen atoms in total. The minimum atomic E-state index is -3.55. The lowest BCUT2D eigenvalue weighted by Crippen LogP contribution is -2.62. The van der Waals surface area contributed by atoms with Crippen LogP contribution in [0.25, 0.3) is 22.2 Å². The van der Waals surface area contributed by atoms with Gasteiger partial charge in [-0.3, -0.25) is 4.90 Å². The van der Waals surface area contributed by atoms with E-state index in [0.717, 1.165) is 38.3 Å². The third-order valence-electron chi connectivity index (χ3n) is 10.3. The van der Waals surface area contributed by atoms with Crippen LogP contribution in [0, 0.1) is 11.6 Å². The van der Waals surface area contributed by atoms with Crippen molar-refractivity contribution in [3.63, 3.8) is 0 Å². The molecule has 2 aromatic heterocycles. The van der Waals surface area contributed by atoms with Gasteiger partial charge in [-0.05, 0) is 51.3 Å². The first-order valence-corrected chi connectivity index (χ1v) is 15.5. The Hall–Kier alpha value is -3.52. The second kappa shape index (κ2) is 9.99. The van der Waals surface area contributed by atoms with E-state index >= 15 is 4.39 Å². The van der Waals surface area contributed by atoms with Gasteiger partial charge in [0, 0.05) is 49.6 Å². The highest BCUT2D eigenvalue weighted by molar-refractivity contribution is 5.97. The summed E-state index contributed by atoms with van der Waals surface area (Å²) in [5.41, 5.74) is 2.97. The molecule has 2 bridgehead atoms. The largest absolute Gasteiger partial charge is 0.472 e. The maximum atomic E-state index is 16.7. The molecule has 0 spiro atoms. The molecule has 14 heteroatoms. The van der Waals surface area contributed by atoms with Crippen molar-refractivity contribution in [1.29, 1.82) is 0 Å². The first-order valence-electron chi connectivity index (χ1n) is 15.5. The Morgan fingerprint density at radius 1 is 1.18 bits per heavy atom. The molecular weight excluding hydrogens is 597 g/mol. The van der Waals surface area contributed by atoms with Crippen LogP contribution >= 0.6 is 0 Å². The van der Waals surface area contributed by atoms with E-state index < -0.39 is 52.3 Å². The SMILES string of the molecule is C[C@@H]1Oc2nc(-c3cc(N)c(F)cc3C(C)(F)F)c(F)c3nc(OC[C@@]45CCCN4C[C@H](F)C5)nc(c23)N2C[C@H]3CC[C@H](N3)[C@@H]12. The molecule has 0 aliphatic carbocycles. The number of pyridine rings is 1. The number of alkyl halides is 3. The van der Waals surface area contributed by atoms with E-state index in [2.05, 4.69) is 25.1 Å². The first kappa shape index (κ1) is 28.9. The number of ether oxygens (including phenoxy) is 2. The van der Waals surface area contributed by atoms with Gasteiger partial charge < -0.3 is 25.4 Å². The van der Waals surface area contributed by atoms with Crippen molar-refractivity contribution in [1.82, 2.24) is 25.2 Å². The summed E-state index contributed by atoms with van der Waals surface area (Å²) in [5, 5.41) is 3.83. The van der Waals surface area contributed by atoms with Crippen molar-refractivity contribution in [3.8, 4) is 23.1 Å². The molecule has 7 heterocycles. The molecule has 0 amide bonds. The van der Waals surface area contributed by atoms with Gasteiger partial charge in [0.1, 0.15) is 47.1 Å². The van der Waals surface area contributed by atoms with E-state index in [1.54, 1.807) is 0 Å². The average Bonchev–Trinajstić information content (AvgIpc) is 3.62. The van der Waals surface area contributed by atoms with E-state index in [9.17, 15) is 17.6 Å². The number of benzene rings is 1. The van der Waals surface area contributed by atoms with Crippen molar-refractivity contribution in [2.24, 2.45) is 0 Å². The van der Waals surface area contributed by atoms with Crippen LogP contribution in [0.3, 0.4) is 0 Å². The summed E-state index contributed by atoms with van der Waals surface area (Å²) in [6.45, 7) is 4.28. The van der Waals surface area contributed by atoms with Gasteiger partial charge in [0.25, 0.3) is 5.92 Å². The van der Waals surface area contributed by atoms with Crippen molar-refractivity contribution >= 4 is 22.4 Å². The number of nitrogen functional groups attached to an aromatic ring is 1. The van der Waals surface area contributed by atoms with Gasteiger partial charge in [-0.25, -0.2) is 26.9 Å². The van der Waals surface area contributed by atoms with Gasteiger partial charge >= 0.3 is 6.01 Å². The van der Waals surface area contributed by atoms with Crippen LogP contribution in [0.1, 0.15) is 51.5 Å². The lowest BCUT2D eigenvalue weighted by atomic mass is 9.95. The Labute approximate surface area is 256 Å². The lowest BCUT2D eigenvalue weighted by molar-refractivity contribution is 0.0177. The van der Waals surface area contributed by atoms with E-state index in [0.29, 0.717) is 38.3 Å².